The van der Waals surface area contributed by atoms with Crippen LogP contribution in [0, 0.1) is 5.92 Å². The average Bonchev–Trinajstić information content (AvgIpc) is 2.85. The van der Waals surface area contributed by atoms with Crippen LogP contribution < -0.4 is 5.32 Å². The Balaban J connectivity index is 2.98. The van der Waals surface area contributed by atoms with Crippen LogP contribution in [0.3, 0.4) is 0 Å². The SMILES string of the molecule is COCCC(NC(=O)c1cnn(CC(C)C)c1C(F)F)C(=O)O. The topological polar surface area (TPSA) is 93.5 Å². The number of ether oxygens (including phenoxy) is 1. The van der Waals surface area contributed by atoms with Crippen LogP contribution in [0.5, 0.6) is 0 Å². The molecule has 0 radical (unpaired) electrons. The van der Waals surface area contributed by atoms with Crippen LogP contribution >= 0.6 is 0 Å². The van der Waals surface area contributed by atoms with Crippen molar-refractivity contribution in [3.05, 3.63) is 17.5 Å². The van der Waals surface area contributed by atoms with Crippen LogP contribution in [0.4, 0.5) is 8.78 Å². The molecule has 1 aromatic rings. The highest BCUT2D eigenvalue weighted by molar-refractivity contribution is 5.97. The quantitative estimate of drug-likeness (QED) is 0.717. The van der Waals surface area contributed by atoms with Gasteiger partial charge < -0.3 is 15.2 Å². The predicted molar refractivity (Wildman–Crippen MR) is 77.4 cm³/mol. The van der Waals surface area contributed by atoms with Crippen molar-refractivity contribution < 1.29 is 28.2 Å². The molecule has 0 aliphatic carbocycles. The third-order valence-electron chi connectivity index (χ3n) is 3.08. The maximum Gasteiger partial charge on any atom is 0.326 e. The summed E-state index contributed by atoms with van der Waals surface area (Å²) in [6, 6.07) is -1.22. The molecule has 0 spiro atoms. The van der Waals surface area contributed by atoms with Gasteiger partial charge in [0.1, 0.15) is 11.7 Å². The minimum atomic E-state index is -2.89. The van der Waals surface area contributed by atoms with Gasteiger partial charge in [-0.1, -0.05) is 13.8 Å². The van der Waals surface area contributed by atoms with Crippen LogP contribution in [0.1, 0.15) is 42.7 Å². The molecule has 1 heterocycles. The van der Waals surface area contributed by atoms with Crippen molar-refractivity contribution >= 4 is 11.9 Å². The summed E-state index contributed by atoms with van der Waals surface area (Å²) in [5.74, 6) is -2.08. The largest absolute Gasteiger partial charge is 0.480 e. The van der Waals surface area contributed by atoms with Crippen LogP contribution in [-0.4, -0.2) is 46.5 Å². The minimum absolute atomic E-state index is 0.0295. The first-order valence-electron chi connectivity index (χ1n) is 7.14. The second kappa shape index (κ2) is 8.56. The molecule has 1 atom stereocenters. The summed E-state index contributed by atoms with van der Waals surface area (Å²) in [7, 11) is 1.39. The molecular weight excluding hydrogens is 312 g/mol. The molecule has 2 N–H and O–H groups in total. The molecule has 0 aliphatic heterocycles. The van der Waals surface area contributed by atoms with E-state index in [9.17, 15) is 18.4 Å². The zero-order chi connectivity index (χ0) is 17.6. The smallest absolute Gasteiger partial charge is 0.326 e. The Kier molecular flexibility index (Phi) is 7.08. The summed E-state index contributed by atoms with van der Waals surface area (Å²) in [6.07, 6.45) is -1.82. The van der Waals surface area contributed by atoms with E-state index >= 15 is 0 Å². The van der Waals surface area contributed by atoms with E-state index in [2.05, 4.69) is 10.4 Å². The van der Waals surface area contributed by atoms with Crippen molar-refractivity contribution in [3.8, 4) is 0 Å². The Morgan fingerprint density at radius 3 is 2.57 bits per heavy atom. The maximum absolute atomic E-state index is 13.3. The van der Waals surface area contributed by atoms with E-state index < -0.39 is 30.0 Å². The van der Waals surface area contributed by atoms with Gasteiger partial charge in [0, 0.05) is 26.7 Å². The predicted octanol–water partition coefficient (Wildman–Crippen LogP) is 1.70. The molecule has 9 heteroatoms. The van der Waals surface area contributed by atoms with Crippen LogP contribution in [0.25, 0.3) is 0 Å². The maximum atomic E-state index is 13.3. The summed E-state index contributed by atoms with van der Waals surface area (Å²) < 4.78 is 32.4. The first kappa shape index (κ1) is 19.0. The molecule has 1 unspecified atom stereocenters. The minimum Gasteiger partial charge on any atom is -0.480 e. The molecule has 0 saturated carbocycles. The lowest BCUT2D eigenvalue weighted by Crippen LogP contribution is -2.41. The highest BCUT2D eigenvalue weighted by atomic mass is 19.3. The number of carbonyl (C=O) groups excluding carboxylic acids is 1. The Morgan fingerprint density at radius 2 is 2.09 bits per heavy atom. The number of carboxylic acid groups (broad SMARTS) is 1. The van der Waals surface area contributed by atoms with E-state index in [4.69, 9.17) is 9.84 Å². The van der Waals surface area contributed by atoms with E-state index in [0.29, 0.717) is 0 Å². The first-order valence-corrected chi connectivity index (χ1v) is 7.14. The lowest BCUT2D eigenvalue weighted by atomic mass is 10.1. The van der Waals surface area contributed by atoms with Gasteiger partial charge in [0.15, 0.2) is 0 Å². The molecule has 1 amide bonds. The fraction of sp³-hybridized carbons (Fsp3) is 0.643. The number of methoxy groups -OCH3 is 1. The summed E-state index contributed by atoms with van der Waals surface area (Å²) >= 11 is 0. The number of carbonyl (C=O) groups is 2. The zero-order valence-electron chi connectivity index (χ0n) is 13.3. The molecule has 0 fully saturated rings. The Hall–Kier alpha value is -2.03. The van der Waals surface area contributed by atoms with Crippen molar-refractivity contribution in [2.45, 2.75) is 39.3 Å². The molecule has 0 aromatic carbocycles. The third-order valence-corrected chi connectivity index (χ3v) is 3.08. The van der Waals surface area contributed by atoms with E-state index in [1.165, 1.54) is 7.11 Å². The van der Waals surface area contributed by atoms with Crippen molar-refractivity contribution in [1.82, 2.24) is 15.1 Å². The van der Waals surface area contributed by atoms with Gasteiger partial charge >= 0.3 is 5.97 Å². The lowest BCUT2D eigenvalue weighted by Gasteiger charge is -2.15. The molecule has 130 valence electrons. The number of amides is 1. The van der Waals surface area contributed by atoms with E-state index in [-0.39, 0.29) is 31.1 Å². The molecule has 23 heavy (non-hydrogen) atoms. The highest BCUT2D eigenvalue weighted by Gasteiger charge is 2.27. The molecule has 1 aromatic heterocycles. The van der Waals surface area contributed by atoms with Crippen molar-refractivity contribution in [1.29, 1.82) is 0 Å². The van der Waals surface area contributed by atoms with Crippen molar-refractivity contribution in [2.75, 3.05) is 13.7 Å². The number of nitrogens with zero attached hydrogens (tertiary/aromatic N) is 2. The fourth-order valence-electron chi connectivity index (χ4n) is 2.02. The summed E-state index contributed by atoms with van der Waals surface area (Å²) in [4.78, 5) is 23.2. The van der Waals surface area contributed by atoms with Gasteiger partial charge in [-0.2, -0.15) is 5.10 Å². The Bertz CT molecular complexity index is 546. The molecule has 0 aliphatic rings. The zero-order valence-corrected chi connectivity index (χ0v) is 13.3. The first-order chi connectivity index (χ1) is 10.8. The van der Waals surface area contributed by atoms with Gasteiger partial charge in [-0.15, -0.1) is 0 Å². The monoisotopic (exact) mass is 333 g/mol. The standard InChI is InChI=1S/C14H21F2N3O4/c1-8(2)7-19-11(12(15)16)9(6-17-19)13(20)18-10(14(21)22)4-5-23-3/h6,8,10,12H,4-5,7H2,1-3H3,(H,18,20)(H,21,22). The fourth-order valence-corrected chi connectivity index (χ4v) is 2.02. The number of halogens is 2. The molecular formula is C14H21F2N3O4. The van der Waals surface area contributed by atoms with Gasteiger partial charge in [-0.25, -0.2) is 13.6 Å². The number of hydrogen-bond acceptors (Lipinski definition) is 4. The number of nitrogens with one attached hydrogen (secondary N) is 1. The average molecular weight is 333 g/mol. The third kappa shape index (κ3) is 5.27. The summed E-state index contributed by atoms with van der Waals surface area (Å²) in [5, 5.41) is 15.1. The van der Waals surface area contributed by atoms with E-state index in [1.807, 2.05) is 13.8 Å². The van der Waals surface area contributed by atoms with Crippen molar-refractivity contribution in [3.63, 3.8) is 0 Å². The molecule has 1 rings (SSSR count). The van der Waals surface area contributed by atoms with Crippen LogP contribution in [0.2, 0.25) is 0 Å². The van der Waals surface area contributed by atoms with Crippen LogP contribution in [-0.2, 0) is 16.1 Å². The van der Waals surface area contributed by atoms with Gasteiger partial charge in [0.05, 0.1) is 11.8 Å². The number of aliphatic carboxylic acids is 1. The summed E-state index contributed by atoms with van der Waals surface area (Å²) in [5.41, 5.74) is -0.823. The normalized spacial score (nSPS) is 12.7. The highest BCUT2D eigenvalue weighted by Crippen LogP contribution is 2.24. The van der Waals surface area contributed by atoms with Crippen molar-refractivity contribution in [2.24, 2.45) is 5.92 Å². The lowest BCUT2D eigenvalue weighted by molar-refractivity contribution is -0.139. The number of hydrogen-bond donors (Lipinski definition) is 2. The van der Waals surface area contributed by atoms with Gasteiger partial charge in [0.2, 0.25) is 0 Å². The second-order valence-corrected chi connectivity index (χ2v) is 5.47. The van der Waals surface area contributed by atoms with Gasteiger partial charge in [-0.3, -0.25) is 9.48 Å². The Morgan fingerprint density at radius 1 is 1.43 bits per heavy atom. The van der Waals surface area contributed by atoms with E-state index in [0.717, 1.165) is 10.9 Å². The van der Waals surface area contributed by atoms with Crippen LogP contribution in [0.15, 0.2) is 6.20 Å². The van der Waals surface area contributed by atoms with Gasteiger partial charge in [0.25, 0.3) is 12.3 Å². The Labute approximate surface area is 132 Å². The second-order valence-electron chi connectivity index (χ2n) is 5.47. The number of rotatable bonds is 9. The number of alkyl halides is 2. The number of aromatic nitrogens is 2. The summed E-state index contributed by atoms with van der Waals surface area (Å²) in [6.45, 7) is 4.02. The van der Waals surface area contributed by atoms with Gasteiger partial charge in [-0.05, 0) is 5.92 Å². The van der Waals surface area contributed by atoms with E-state index in [1.54, 1.807) is 0 Å². The molecule has 0 saturated heterocycles. The molecule has 7 nitrogen and oxygen atoms in total. The number of carboxylic acids is 1. The molecule has 0 bridgehead atoms.